The molecule has 11 heavy (non-hydrogen) atoms. The van der Waals surface area contributed by atoms with Gasteiger partial charge in [-0.15, -0.1) is 11.3 Å². The lowest BCUT2D eigenvalue weighted by atomic mass is 10.3. The summed E-state index contributed by atoms with van der Waals surface area (Å²) < 4.78 is 0. The summed E-state index contributed by atoms with van der Waals surface area (Å²) in [6.07, 6.45) is 4.74. The molecule has 1 aliphatic heterocycles. The van der Waals surface area contributed by atoms with Crippen LogP contribution >= 0.6 is 11.3 Å². The summed E-state index contributed by atoms with van der Waals surface area (Å²) in [5, 5.41) is 9.67. The molecule has 0 aliphatic carbocycles. The second-order valence-electron chi connectivity index (χ2n) is 2.63. The van der Waals surface area contributed by atoms with Gasteiger partial charge in [0.15, 0.2) is 5.13 Å². The van der Waals surface area contributed by atoms with E-state index in [1.165, 1.54) is 12.8 Å². The smallest absolute Gasteiger partial charge is 0.183 e. The van der Waals surface area contributed by atoms with Crippen molar-refractivity contribution >= 4 is 16.5 Å². The van der Waals surface area contributed by atoms with Gasteiger partial charge in [-0.05, 0) is 19.4 Å². The van der Waals surface area contributed by atoms with Crippen molar-refractivity contribution in [3.05, 3.63) is 11.6 Å². The Kier molecular flexibility index (Phi) is 2.05. The monoisotopic (exact) mass is 169 g/mol. The van der Waals surface area contributed by atoms with Crippen molar-refractivity contribution in [1.82, 2.24) is 10.3 Å². The minimum atomic E-state index is 0.446. The van der Waals surface area contributed by atoms with Crippen molar-refractivity contribution in [2.75, 3.05) is 11.9 Å². The van der Waals surface area contributed by atoms with Crippen LogP contribution in [0.1, 0.15) is 12.8 Å². The Morgan fingerprint density at radius 2 is 2.73 bits per heavy atom. The number of aromatic nitrogens is 1. The number of anilines is 1. The van der Waals surface area contributed by atoms with E-state index in [9.17, 15) is 0 Å². The van der Waals surface area contributed by atoms with Gasteiger partial charge in [0, 0.05) is 11.6 Å². The zero-order chi connectivity index (χ0) is 7.52. The second-order valence-corrected chi connectivity index (χ2v) is 3.53. The van der Waals surface area contributed by atoms with E-state index in [2.05, 4.69) is 15.6 Å². The highest BCUT2D eigenvalue weighted by Gasteiger charge is 2.13. The van der Waals surface area contributed by atoms with Crippen molar-refractivity contribution in [1.29, 1.82) is 0 Å². The standard InChI is InChI=1S/C7H11N3S/c1-2-6(8-3-1)10-7-9-4-5-11-7/h4-6,8H,1-3H2,(H,9,10). The van der Waals surface area contributed by atoms with Gasteiger partial charge in [-0.25, -0.2) is 4.98 Å². The van der Waals surface area contributed by atoms with Gasteiger partial charge in [-0.2, -0.15) is 0 Å². The predicted octanol–water partition coefficient (Wildman–Crippen LogP) is 1.26. The lowest BCUT2D eigenvalue weighted by Gasteiger charge is -2.10. The number of nitrogens with one attached hydrogen (secondary N) is 2. The molecule has 1 aliphatic rings. The first-order chi connectivity index (χ1) is 5.45. The SMILES string of the molecule is c1csc(NC2CCCN2)n1. The van der Waals surface area contributed by atoms with Crippen molar-refractivity contribution in [3.63, 3.8) is 0 Å². The van der Waals surface area contributed by atoms with Gasteiger partial charge >= 0.3 is 0 Å². The Morgan fingerprint density at radius 1 is 1.73 bits per heavy atom. The topological polar surface area (TPSA) is 37.0 Å². The summed E-state index contributed by atoms with van der Waals surface area (Å²) in [7, 11) is 0. The average molecular weight is 169 g/mol. The van der Waals surface area contributed by atoms with Crippen LogP contribution in [0, 0.1) is 0 Å². The fourth-order valence-electron chi connectivity index (χ4n) is 1.25. The van der Waals surface area contributed by atoms with Gasteiger partial charge in [-0.1, -0.05) is 0 Å². The van der Waals surface area contributed by atoms with Gasteiger partial charge < -0.3 is 5.32 Å². The molecular weight excluding hydrogens is 158 g/mol. The lowest BCUT2D eigenvalue weighted by molar-refractivity contribution is 0.678. The summed E-state index contributed by atoms with van der Waals surface area (Å²) >= 11 is 1.65. The Bertz CT molecular complexity index is 203. The van der Waals surface area contributed by atoms with Crippen LogP contribution in [-0.2, 0) is 0 Å². The van der Waals surface area contributed by atoms with Crippen LogP contribution in [0.4, 0.5) is 5.13 Å². The van der Waals surface area contributed by atoms with Crippen molar-refractivity contribution in [3.8, 4) is 0 Å². The normalized spacial score (nSPS) is 23.8. The van der Waals surface area contributed by atoms with Crippen LogP contribution in [0.15, 0.2) is 11.6 Å². The van der Waals surface area contributed by atoms with Crippen LogP contribution < -0.4 is 10.6 Å². The van der Waals surface area contributed by atoms with Crippen LogP contribution in [0.3, 0.4) is 0 Å². The molecule has 1 aromatic heterocycles. The minimum absolute atomic E-state index is 0.446. The molecule has 0 bridgehead atoms. The molecule has 0 spiro atoms. The summed E-state index contributed by atoms with van der Waals surface area (Å²) in [6.45, 7) is 1.13. The van der Waals surface area contributed by atoms with Crippen LogP contribution in [0.2, 0.25) is 0 Å². The van der Waals surface area contributed by atoms with Crippen LogP contribution in [0.25, 0.3) is 0 Å². The Labute approximate surface area is 69.8 Å². The third-order valence-electron chi connectivity index (χ3n) is 1.79. The quantitative estimate of drug-likeness (QED) is 0.700. The number of thiazole rings is 1. The van der Waals surface area contributed by atoms with Gasteiger partial charge in [0.2, 0.25) is 0 Å². The van der Waals surface area contributed by atoms with E-state index < -0.39 is 0 Å². The average Bonchev–Trinajstić information content (AvgIpc) is 2.60. The summed E-state index contributed by atoms with van der Waals surface area (Å²) in [5.41, 5.74) is 0. The predicted molar refractivity (Wildman–Crippen MR) is 46.8 cm³/mol. The molecule has 4 heteroatoms. The van der Waals surface area contributed by atoms with E-state index in [1.807, 2.05) is 11.6 Å². The van der Waals surface area contributed by atoms with E-state index in [4.69, 9.17) is 0 Å². The van der Waals surface area contributed by atoms with E-state index in [-0.39, 0.29) is 0 Å². The number of hydrogen-bond acceptors (Lipinski definition) is 4. The third-order valence-corrected chi connectivity index (χ3v) is 2.49. The van der Waals surface area contributed by atoms with E-state index in [1.54, 1.807) is 11.3 Å². The highest BCUT2D eigenvalue weighted by molar-refractivity contribution is 7.13. The molecule has 0 radical (unpaired) electrons. The van der Waals surface area contributed by atoms with E-state index >= 15 is 0 Å². The lowest BCUT2D eigenvalue weighted by Crippen LogP contribution is -2.29. The van der Waals surface area contributed by atoms with Crippen LogP contribution in [-0.4, -0.2) is 17.7 Å². The van der Waals surface area contributed by atoms with Gasteiger partial charge in [0.05, 0.1) is 6.17 Å². The summed E-state index contributed by atoms with van der Waals surface area (Å²) in [4.78, 5) is 4.15. The summed E-state index contributed by atoms with van der Waals surface area (Å²) in [6, 6.07) is 0. The maximum absolute atomic E-state index is 4.15. The molecule has 1 saturated heterocycles. The van der Waals surface area contributed by atoms with Crippen molar-refractivity contribution in [2.45, 2.75) is 19.0 Å². The minimum Gasteiger partial charge on any atom is -0.346 e. The fourth-order valence-corrected chi connectivity index (χ4v) is 1.83. The zero-order valence-electron chi connectivity index (χ0n) is 6.21. The second kappa shape index (κ2) is 3.19. The number of hydrogen-bond donors (Lipinski definition) is 2. The third kappa shape index (κ3) is 1.70. The van der Waals surface area contributed by atoms with Crippen LogP contribution in [0.5, 0.6) is 0 Å². The number of rotatable bonds is 2. The molecule has 1 atom stereocenters. The maximum Gasteiger partial charge on any atom is 0.183 e. The first-order valence-corrected chi connectivity index (χ1v) is 4.72. The molecule has 0 amide bonds. The van der Waals surface area contributed by atoms with E-state index in [0.717, 1.165) is 11.7 Å². The Hall–Kier alpha value is -0.610. The fraction of sp³-hybridized carbons (Fsp3) is 0.571. The largest absolute Gasteiger partial charge is 0.346 e. The molecule has 2 N–H and O–H groups in total. The molecule has 2 heterocycles. The first kappa shape index (κ1) is 7.06. The molecule has 1 fully saturated rings. The molecule has 0 aromatic carbocycles. The zero-order valence-corrected chi connectivity index (χ0v) is 7.03. The van der Waals surface area contributed by atoms with Gasteiger partial charge in [0.25, 0.3) is 0 Å². The highest BCUT2D eigenvalue weighted by atomic mass is 32.1. The molecule has 3 nitrogen and oxygen atoms in total. The number of nitrogens with zero attached hydrogens (tertiary/aromatic N) is 1. The molecule has 60 valence electrons. The highest BCUT2D eigenvalue weighted by Crippen LogP contribution is 2.14. The van der Waals surface area contributed by atoms with Crippen molar-refractivity contribution < 1.29 is 0 Å². The maximum atomic E-state index is 4.15. The molecule has 1 unspecified atom stereocenters. The van der Waals surface area contributed by atoms with E-state index in [0.29, 0.717) is 6.17 Å². The van der Waals surface area contributed by atoms with Gasteiger partial charge in [-0.3, -0.25) is 5.32 Å². The molecule has 2 rings (SSSR count). The summed E-state index contributed by atoms with van der Waals surface area (Å²) in [5.74, 6) is 0. The Morgan fingerprint density at radius 3 is 3.36 bits per heavy atom. The first-order valence-electron chi connectivity index (χ1n) is 3.84. The Balaban J connectivity index is 1.90. The van der Waals surface area contributed by atoms with Gasteiger partial charge in [0.1, 0.15) is 0 Å². The van der Waals surface area contributed by atoms with Crippen molar-refractivity contribution in [2.24, 2.45) is 0 Å². The molecule has 0 saturated carbocycles. The molecular formula is C7H11N3S. The molecule has 1 aromatic rings.